The van der Waals surface area contributed by atoms with Crippen LogP contribution in [0, 0.1) is 0 Å². The van der Waals surface area contributed by atoms with Gasteiger partial charge in [-0.15, -0.1) is 0 Å². The van der Waals surface area contributed by atoms with Crippen molar-refractivity contribution >= 4 is 11.6 Å². The van der Waals surface area contributed by atoms with Gasteiger partial charge in [-0.25, -0.2) is 0 Å². The number of benzene rings is 1. The lowest BCUT2D eigenvalue weighted by atomic mass is 10.1. The molecule has 0 saturated carbocycles. The van der Waals surface area contributed by atoms with Crippen molar-refractivity contribution in [3.63, 3.8) is 0 Å². The van der Waals surface area contributed by atoms with Crippen LogP contribution in [0.5, 0.6) is 0 Å². The Morgan fingerprint density at radius 1 is 1.33 bits per heavy atom. The molecule has 0 aliphatic rings. The average molecular weight is 184 g/mol. The van der Waals surface area contributed by atoms with E-state index in [-0.39, 0.29) is 6.04 Å². The molecule has 2 heteroatoms. The first-order valence-electron chi connectivity index (χ1n) is 4.22. The summed E-state index contributed by atoms with van der Waals surface area (Å²) in [6, 6.07) is 8.13. The monoisotopic (exact) mass is 183 g/mol. The number of rotatable bonds is 3. The highest BCUT2D eigenvalue weighted by Crippen LogP contribution is 2.11. The minimum atomic E-state index is 0.270. The van der Waals surface area contributed by atoms with E-state index in [0.717, 1.165) is 17.9 Å². The van der Waals surface area contributed by atoms with Crippen LogP contribution < -0.4 is 5.73 Å². The van der Waals surface area contributed by atoms with E-state index in [1.165, 1.54) is 5.56 Å². The van der Waals surface area contributed by atoms with Crippen LogP contribution in [0.3, 0.4) is 0 Å². The Labute approximate surface area is 78.5 Å². The van der Waals surface area contributed by atoms with Crippen LogP contribution in [0.15, 0.2) is 24.3 Å². The fourth-order valence-electron chi connectivity index (χ4n) is 1.07. The second kappa shape index (κ2) is 4.48. The molecule has 1 unspecified atom stereocenters. The van der Waals surface area contributed by atoms with Gasteiger partial charge in [-0.3, -0.25) is 0 Å². The van der Waals surface area contributed by atoms with Crippen molar-refractivity contribution in [1.82, 2.24) is 0 Å². The molecule has 1 aromatic rings. The predicted molar refractivity (Wildman–Crippen MR) is 53.4 cm³/mol. The molecule has 1 atom stereocenters. The highest BCUT2D eigenvalue weighted by molar-refractivity contribution is 6.30. The molecule has 66 valence electrons. The normalized spacial score (nSPS) is 12.9. The van der Waals surface area contributed by atoms with Crippen molar-refractivity contribution in [3.8, 4) is 0 Å². The van der Waals surface area contributed by atoms with Crippen LogP contribution in [-0.4, -0.2) is 6.04 Å². The van der Waals surface area contributed by atoms with Gasteiger partial charge in [0.1, 0.15) is 0 Å². The molecule has 0 aliphatic carbocycles. The van der Waals surface area contributed by atoms with Crippen LogP contribution in [0.1, 0.15) is 18.9 Å². The highest BCUT2D eigenvalue weighted by atomic mass is 35.5. The molecule has 0 bridgehead atoms. The van der Waals surface area contributed by atoms with Gasteiger partial charge >= 0.3 is 0 Å². The maximum absolute atomic E-state index is 5.81. The lowest BCUT2D eigenvalue weighted by molar-refractivity contribution is 0.646. The van der Waals surface area contributed by atoms with E-state index in [4.69, 9.17) is 17.3 Å². The van der Waals surface area contributed by atoms with Crippen molar-refractivity contribution in [3.05, 3.63) is 34.9 Å². The second-order valence-corrected chi connectivity index (χ2v) is 3.44. The third-order valence-electron chi connectivity index (χ3n) is 1.94. The van der Waals surface area contributed by atoms with Crippen molar-refractivity contribution in [1.29, 1.82) is 0 Å². The molecule has 2 N–H and O–H groups in total. The van der Waals surface area contributed by atoms with Gasteiger partial charge < -0.3 is 5.73 Å². The summed E-state index contributed by atoms with van der Waals surface area (Å²) in [7, 11) is 0. The largest absolute Gasteiger partial charge is 0.327 e. The molecule has 0 aliphatic heterocycles. The number of hydrogen-bond acceptors (Lipinski definition) is 1. The van der Waals surface area contributed by atoms with E-state index in [9.17, 15) is 0 Å². The molecule has 0 fully saturated rings. The zero-order chi connectivity index (χ0) is 8.97. The fourth-order valence-corrected chi connectivity index (χ4v) is 1.19. The summed E-state index contributed by atoms with van der Waals surface area (Å²) in [5, 5.41) is 0.781. The van der Waals surface area contributed by atoms with Gasteiger partial charge in [-0.1, -0.05) is 30.7 Å². The molecule has 0 spiro atoms. The molecule has 1 aromatic carbocycles. The second-order valence-electron chi connectivity index (χ2n) is 3.00. The Morgan fingerprint density at radius 3 is 2.42 bits per heavy atom. The summed E-state index contributed by atoms with van der Waals surface area (Å²) >= 11 is 5.75. The summed E-state index contributed by atoms with van der Waals surface area (Å²) in [5.41, 5.74) is 7.07. The number of hydrogen-bond donors (Lipinski definition) is 1. The van der Waals surface area contributed by atoms with E-state index in [0.29, 0.717) is 0 Å². The Bertz CT molecular complexity index is 230. The molecule has 1 rings (SSSR count). The van der Waals surface area contributed by atoms with Crippen LogP contribution in [0.2, 0.25) is 5.02 Å². The van der Waals surface area contributed by atoms with Gasteiger partial charge in [0, 0.05) is 11.1 Å². The topological polar surface area (TPSA) is 26.0 Å². The maximum atomic E-state index is 5.81. The van der Waals surface area contributed by atoms with Crippen LogP contribution in [0.25, 0.3) is 0 Å². The molecular weight excluding hydrogens is 170 g/mol. The predicted octanol–water partition coefficient (Wildman–Crippen LogP) is 2.62. The number of halogens is 1. The molecule has 1 nitrogen and oxygen atoms in total. The minimum Gasteiger partial charge on any atom is -0.327 e. The van der Waals surface area contributed by atoms with Crippen LogP contribution >= 0.6 is 11.6 Å². The first kappa shape index (κ1) is 9.56. The Balaban J connectivity index is 2.58. The van der Waals surface area contributed by atoms with Crippen molar-refractivity contribution in [2.45, 2.75) is 25.8 Å². The van der Waals surface area contributed by atoms with E-state index in [1.54, 1.807) is 0 Å². The van der Waals surface area contributed by atoms with Crippen LogP contribution in [-0.2, 0) is 6.42 Å². The molecule has 0 aromatic heterocycles. The van der Waals surface area contributed by atoms with Crippen molar-refractivity contribution in [2.75, 3.05) is 0 Å². The summed E-state index contributed by atoms with van der Waals surface area (Å²) < 4.78 is 0. The van der Waals surface area contributed by atoms with E-state index < -0.39 is 0 Å². The van der Waals surface area contributed by atoms with Gasteiger partial charge in [0.25, 0.3) is 0 Å². The molecule has 12 heavy (non-hydrogen) atoms. The lowest BCUT2D eigenvalue weighted by Gasteiger charge is -2.07. The zero-order valence-electron chi connectivity index (χ0n) is 7.26. The summed E-state index contributed by atoms with van der Waals surface area (Å²) in [5.74, 6) is 0. The summed E-state index contributed by atoms with van der Waals surface area (Å²) in [4.78, 5) is 0. The third-order valence-corrected chi connectivity index (χ3v) is 2.19. The van der Waals surface area contributed by atoms with Gasteiger partial charge in [0.15, 0.2) is 0 Å². The van der Waals surface area contributed by atoms with Crippen LogP contribution in [0.4, 0.5) is 0 Å². The molecule has 0 amide bonds. The Morgan fingerprint density at radius 2 is 1.92 bits per heavy atom. The fraction of sp³-hybridized carbons (Fsp3) is 0.400. The SMILES string of the molecule is CCC(N)Cc1ccc(Cl)cc1. The Hall–Kier alpha value is -0.530. The average Bonchev–Trinajstić information content (AvgIpc) is 2.09. The first-order valence-corrected chi connectivity index (χ1v) is 4.60. The number of nitrogens with two attached hydrogens (primary N) is 1. The third kappa shape index (κ3) is 2.84. The molecule has 0 saturated heterocycles. The smallest absolute Gasteiger partial charge is 0.0406 e. The minimum absolute atomic E-state index is 0.270. The lowest BCUT2D eigenvalue weighted by Crippen LogP contribution is -2.21. The van der Waals surface area contributed by atoms with E-state index in [1.807, 2.05) is 24.3 Å². The van der Waals surface area contributed by atoms with Gasteiger partial charge in [0.05, 0.1) is 0 Å². The summed E-state index contributed by atoms with van der Waals surface area (Å²) in [6.45, 7) is 2.10. The highest BCUT2D eigenvalue weighted by Gasteiger charge is 2.00. The van der Waals surface area contributed by atoms with Gasteiger partial charge in [-0.2, -0.15) is 0 Å². The molecule has 0 radical (unpaired) electrons. The molecular formula is C10H14ClN. The summed E-state index contributed by atoms with van der Waals surface area (Å²) in [6.07, 6.45) is 1.95. The van der Waals surface area contributed by atoms with Gasteiger partial charge in [0.2, 0.25) is 0 Å². The van der Waals surface area contributed by atoms with E-state index in [2.05, 4.69) is 6.92 Å². The Kier molecular flexibility index (Phi) is 3.57. The first-order chi connectivity index (χ1) is 5.72. The van der Waals surface area contributed by atoms with Crippen molar-refractivity contribution < 1.29 is 0 Å². The quantitative estimate of drug-likeness (QED) is 0.766. The zero-order valence-corrected chi connectivity index (χ0v) is 8.01. The van der Waals surface area contributed by atoms with Crippen molar-refractivity contribution in [2.24, 2.45) is 5.73 Å². The van der Waals surface area contributed by atoms with E-state index >= 15 is 0 Å². The maximum Gasteiger partial charge on any atom is 0.0406 e. The standard InChI is InChI=1S/C10H14ClN/c1-2-10(12)7-8-3-5-9(11)6-4-8/h3-6,10H,2,7,12H2,1H3. The van der Waals surface area contributed by atoms with Gasteiger partial charge in [-0.05, 0) is 30.5 Å². The molecule has 0 heterocycles.